The van der Waals surface area contributed by atoms with Gasteiger partial charge in [0, 0.05) is 167 Å². The van der Waals surface area contributed by atoms with Crippen molar-refractivity contribution in [1.82, 2.24) is 64.5 Å². The number of nitrogen functional groups attached to an aromatic ring is 2. The highest BCUT2D eigenvalue weighted by Crippen LogP contribution is 2.40. The number of cyclic esters (lactones) is 1. The van der Waals surface area contributed by atoms with Crippen molar-refractivity contribution >= 4 is 81.0 Å². The zero-order chi connectivity index (χ0) is 95.3. The van der Waals surface area contributed by atoms with Gasteiger partial charge < -0.3 is 99.2 Å². The molecule has 0 radical (unpaired) electrons. The molecular formula is C98H139N17O19. The summed E-state index contributed by atoms with van der Waals surface area (Å²) in [5.41, 5.74) is 21.1. The number of hydrogen-bond donors (Lipinski definition) is 7. The summed E-state index contributed by atoms with van der Waals surface area (Å²) in [5, 5.41) is 60.5. The molecule has 6 aromatic rings. The molecule has 16 atom stereocenters. The molecule has 730 valence electrons. The Hall–Kier alpha value is -10.1. The van der Waals surface area contributed by atoms with E-state index in [1.54, 1.807) is 59.5 Å². The normalized spacial score (nSPS) is 28.1. The molecule has 7 aliphatic rings. The summed E-state index contributed by atoms with van der Waals surface area (Å²) in [4.78, 5) is 124. The van der Waals surface area contributed by atoms with Gasteiger partial charge >= 0.3 is 5.97 Å². The number of piperazine rings is 2. The van der Waals surface area contributed by atoms with Crippen LogP contribution < -0.4 is 21.7 Å². The fraction of sp³-hybridized carbons (Fsp3) is 0.622. The number of aliphatic hydroxyl groups is 4. The number of oxime groups is 1. The summed E-state index contributed by atoms with van der Waals surface area (Å²) in [5.74, 6) is -6.99. The van der Waals surface area contributed by atoms with Crippen LogP contribution in [-0.4, -0.2) is 314 Å². The number of allylic oxidation sites excluding steroid dienone is 5. The number of aromatic nitrogens is 7. The van der Waals surface area contributed by atoms with Crippen LogP contribution in [0.15, 0.2) is 112 Å². The molecule has 9 N–H and O–H groups in total. The van der Waals surface area contributed by atoms with Crippen LogP contribution in [0, 0.1) is 35.5 Å². The predicted molar refractivity (Wildman–Crippen MR) is 503 cm³/mol. The Morgan fingerprint density at radius 3 is 2.17 bits per heavy atom. The fourth-order valence-electron chi connectivity index (χ4n) is 19.6. The Morgan fingerprint density at radius 1 is 0.724 bits per heavy atom. The molecule has 0 spiro atoms. The standard InChI is InChI=1S/C98H139N17O19/c1-61-16-12-11-13-17-62(2)80(126-8)52-74-24-19-67(7)98(125,134-74)91(122)94(123)114-30-15-14-18-76(114)95(124)132-81(64(4)48-68-21-25-77(116)82(50-68)127-9)53-78(117)63(3)47-66(6)89(121)90(128-10)87(65(5)46-61)108-131-59-83(118)101-54-70-55-102-97(103-56-70)112-38-36-111(37-39-112)84(119)28-42-129-44-40-109-32-34-110(35-33-109)41-45-130-43-29-85(120)113-31-27-71-49-69(20-22-73(71)58-113)57-115-93-86(92(99)104-60-105-93)88(107-115)72-23-26-79-75(51-72)106-96(100)133-79/h11-13,16-17,20,22-23,26,47,49,51,55-56,60-61,63-65,67-68,74,76-78,80-82,89-90,116-117,121,125H,14-15,18-19,21,24-25,27-46,48,50,52-54,57-59H2,1-10H3,(H2,100,106)(H,101,118)(H2,99,104,105)/b13-11?,16-12+,62-17?,66-47+,108-87+/t61-,63-,64-,65-,67-,68+,74+,76+,77-,78-,80+,81+,82-,89-,90+,98-/m1/s1. The van der Waals surface area contributed by atoms with E-state index in [-0.39, 0.29) is 86.4 Å². The number of methoxy groups -OCH3 is 3. The highest BCUT2D eigenvalue weighted by Gasteiger charge is 2.53. The van der Waals surface area contributed by atoms with E-state index in [2.05, 4.69) is 63.4 Å². The second kappa shape index (κ2) is 48.1. The quantitative estimate of drug-likeness (QED) is 0.00853. The number of nitrogens with one attached hydrogen (secondary N) is 1. The van der Waals surface area contributed by atoms with Crippen molar-refractivity contribution < 1.29 is 91.6 Å². The van der Waals surface area contributed by atoms with Gasteiger partial charge in [-0.2, -0.15) is 10.1 Å². The molecule has 10 heterocycles. The lowest BCUT2D eigenvalue weighted by molar-refractivity contribution is -0.265. The van der Waals surface area contributed by atoms with Crippen LogP contribution in [0.2, 0.25) is 0 Å². The molecular weight excluding hydrogens is 1720 g/mol. The highest BCUT2D eigenvalue weighted by molar-refractivity contribution is 6.39. The van der Waals surface area contributed by atoms with Crippen LogP contribution in [0.4, 0.5) is 17.8 Å². The number of esters is 1. The van der Waals surface area contributed by atoms with Crippen LogP contribution >= 0.6 is 0 Å². The Morgan fingerprint density at radius 2 is 1.46 bits per heavy atom. The van der Waals surface area contributed by atoms with Gasteiger partial charge in [0.2, 0.25) is 23.5 Å². The van der Waals surface area contributed by atoms with Crippen molar-refractivity contribution in [1.29, 1.82) is 0 Å². The zero-order valence-electron chi connectivity index (χ0n) is 79.4. The minimum atomic E-state index is -2.47. The van der Waals surface area contributed by atoms with Crippen molar-refractivity contribution in [2.45, 2.75) is 225 Å². The van der Waals surface area contributed by atoms with Gasteiger partial charge in [0.15, 0.2) is 17.8 Å². The average Bonchev–Trinajstić information content (AvgIpc) is 1.34. The van der Waals surface area contributed by atoms with E-state index in [0.29, 0.717) is 193 Å². The minimum Gasteiger partial charge on any atom is -0.460 e. The largest absolute Gasteiger partial charge is 0.460 e. The number of oxazole rings is 1. The zero-order valence-corrected chi connectivity index (χ0v) is 79.4. The van der Waals surface area contributed by atoms with Gasteiger partial charge in [-0.25, -0.2) is 29.4 Å². The lowest BCUT2D eigenvalue weighted by Crippen LogP contribution is -2.61. The molecule has 4 amide bonds. The fourth-order valence-corrected chi connectivity index (χ4v) is 19.6. The molecule has 4 aromatic heterocycles. The van der Waals surface area contributed by atoms with Gasteiger partial charge in [0.05, 0.1) is 87.4 Å². The number of piperidine rings is 1. The predicted octanol–water partition coefficient (Wildman–Crippen LogP) is 7.71. The number of nitrogens with zero attached hydrogens (tertiary/aromatic N) is 14. The third kappa shape index (κ3) is 26.4. The third-order valence-corrected chi connectivity index (χ3v) is 27.8. The van der Waals surface area contributed by atoms with Crippen LogP contribution in [0.1, 0.15) is 161 Å². The number of rotatable bonds is 27. The molecule has 1 saturated carbocycles. The number of Topliss-reactive ketones (excluding diaryl/α,β-unsaturated/α-hetero) is 1. The molecule has 2 bridgehead atoms. The number of ether oxygens (including phenoxy) is 7. The van der Waals surface area contributed by atoms with Crippen molar-refractivity contribution in [3.8, 4) is 11.3 Å². The summed E-state index contributed by atoms with van der Waals surface area (Å²) in [6, 6.07) is 10.8. The molecule has 5 fully saturated rings. The number of nitrogens with two attached hydrogens (primary N) is 2. The SMILES string of the molecule is CO[C@H]1C[C@@H]2CC[C@@H](C)[C@@](O)(O2)C(=O)C(=O)N2CCCC[C@H]2C(=O)O[C@H]([C@H](C)C[C@@H]2CC[C@@H](O)[C@H](OC)C2)C[C@@H](O)[C@H](C)/C=C(\C)[C@@H](O)[C@@H](OC)/C(=N/OCC(=O)NCc2cnc(N3CCN(C(=O)CCOCCN4CCN(CCOCCC(=O)N5CCc6cc(Cn7nc(-c8ccc9oc(N)nc9c8)c8c(N)ncnc87)ccc6C5)CC4)CC3)nc2)[C@H](C)C[C@H](C)/C=C/C=CC=C1C. The van der Waals surface area contributed by atoms with Gasteiger partial charge in [-0.1, -0.05) is 94.4 Å². The lowest BCUT2D eigenvalue weighted by Gasteiger charge is -2.43. The molecule has 134 heavy (non-hydrogen) atoms. The molecule has 36 nitrogen and oxygen atoms in total. The number of carbonyl (C=O) groups excluding carboxylic acids is 6. The number of anilines is 3. The molecule has 0 unspecified atom stereocenters. The molecule has 2 aromatic carbocycles. The Kier molecular flexibility index (Phi) is 36.4. The summed E-state index contributed by atoms with van der Waals surface area (Å²) in [6.07, 6.45) is 16.2. The number of hydrogen-bond acceptors (Lipinski definition) is 31. The van der Waals surface area contributed by atoms with E-state index in [0.717, 1.165) is 68.0 Å². The molecule has 36 heteroatoms. The highest BCUT2D eigenvalue weighted by atomic mass is 16.6. The first-order valence-corrected chi connectivity index (χ1v) is 47.8. The van der Waals surface area contributed by atoms with Gasteiger partial charge in [-0.15, -0.1) is 0 Å². The van der Waals surface area contributed by atoms with Crippen molar-refractivity contribution in [3.05, 3.63) is 125 Å². The number of fused-ring (bicyclic) bond motifs is 6. The van der Waals surface area contributed by atoms with Gasteiger partial charge in [0.25, 0.3) is 23.6 Å². The number of carbonyl (C=O) groups is 6. The van der Waals surface area contributed by atoms with Crippen molar-refractivity contribution in [2.24, 2.45) is 40.7 Å². The Balaban J connectivity index is 0.532. The van der Waals surface area contributed by atoms with Gasteiger partial charge in [-0.05, 0) is 148 Å². The van der Waals surface area contributed by atoms with Crippen molar-refractivity contribution in [3.63, 3.8) is 0 Å². The van der Waals surface area contributed by atoms with E-state index in [9.17, 15) is 49.2 Å². The maximum atomic E-state index is 14.8. The number of aliphatic hydroxyl groups excluding tert-OH is 3. The smallest absolute Gasteiger partial charge is 0.329 e. The van der Waals surface area contributed by atoms with E-state index in [4.69, 9.17) is 59.0 Å². The number of ketones is 1. The number of amides is 4. The van der Waals surface area contributed by atoms with Crippen LogP contribution in [0.3, 0.4) is 0 Å². The molecule has 6 aliphatic heterocycles. The monoisotopic (exact) mass is 1860 g/mol. The second-order valence-corrected chi connectivity index (χ2v) is 37.5. The second-order valence-electron chi connectivity index (χ2n) is 37.5. The number of benzene rings is 2. The summed E-state index contributed by atoms with van der Waals surface area (Å²) >= 11 is 0. The van der Waals surface area contributed by atoms with E-state index >= 15 is 0 Å². The summed E-state index contributed by atoms with van der Waals surface area (Å²) < 4.78 is 49.7. The summed E-state index contributed by atoms with van der Waals surface area (Å²) in [7, 11) is 4.60. The van der Waals surface area contributed by atoms with E-state index < -0.39 is 96.6 Å². The average molecular weight is 1860 g/mol. The first kappa shape index (κ1) is 101. The lowest BCUT2D eigenvalue weighted by atomic mass is 9.78. The van der Waals surface area contributed by atoms with E-state index in [1.165, 1.54) is 23.9 Å². The Bertz CT molecular complexity index is 5110. The maximum absolute atomic E-state index is 14.8. The van der Waals surface area contributed by atoms with Gasteiger partial charge in [0.1, 0.15) is 47.7 Å². The Labute approximate surface area is 784 Å². The topological polar surface area (TPSA) is 448 Å². The summed E-state index contributed by atoms with van der Waals surface area (Å²) in [6.45, 7) is 23.4. The van der Waals surface area contributed by atoms with E-state index in [1.807, 2.05) is 89.6 Å². The minimum absolute atomic E-state index is 0.0300. The molecule has 1 aliphatic carbocycles. The van der Waals surface area contributed by atoms with Crippen LogP contribution in [-0.2, 0) is 92.8 Å². The van der Waals surface area contributed by atoms with Crippen molar-refractivity contribution in [2.75, 3.05) is 149 Å². The van der Waals surface area contributed by atoms with Gasteiger partial charge in [-0.3, -0.25) is 33.8 Å². The first-order valence-electron chi connectivity index (χ1n) is 47.8. The first-order chi connectivity index (χ1) is 64.5. The van der Waals surface area contributed by atoms with Crippen LogP contribution in [0.5, 0.6) is 0 Å². The molecule has 4 saturated heterocycles. The maximum Gasteiger partial charge on any atom is 0.329 e. The molecule has 13 rings (SSSR count). The third-order valence-electron chi connectivity index (χ3n) is 27.8. The van der Waals surface area contributed by atoms with Crippen LogP contribution in [0.25, 0.3) is 33.4 Å².